The fraction of sp³-hybridized carbons (Fsp3) is 0.0435. The maximum Gasteiger partial charge on any atom is 0.149 e. The summed E-state index contributed by atoms with van der Waals surface area (Å²) in [6.45, 7) is 0.390. The zero-order valence-corrected chi connectivity index (χ0v) is 13.8. The van der Waals surface area contributed by atoms with Crippen LogP contribution in [0.25, 0.3) is 22.5 Å². The van der Waals surface area contributed by atoms with Gasteiger partial charge in [-0.1, -0.05) is 78.9 Å². The van der Waals surface area contributed by atoms with Crippen molar-refractivity contribution in [3.63, 3.8) is 0 Å². The van der Waals surface area contributed by atoms with Crippen LogP contribution in [0.15, 0.2) is 101 Å². The van der Waals surface area contributed by atoms with E-state index in [1.54, 1.807) is 0 Å². The van der Waals surface area contributed by atoms with E-state index in [-0.39, 0.29) is 0 Å². The van der Waals surface area contributed by atoms with E-state index in [9.17, 15) is 0 Å². The summed E-state index contributed by atoms with van der Waals surface area (Å²) in [6.07, 6.45) is 0. The highest BCUT2D eigenvalue weighted by Gasteiger charge is 2.14. The molecule has 0 spiro atoms. The van der Waals surface area contributed by atoms with E-state index >= 15 is 0 Å². The molecule has 25 heavy (non-hydrogen) atoms. The van der Waals surface area contributed by atoms with E-state index in [0.717, 1.165) is 34.0 Å². The van der Waals surface area contributed by atoms with Crippen LogP contribution < -0.4 is 4.74 Å². The lowest BCUT2D eigenvalue weighted by Gasteiger charge is -2.06. The maximum atomic E-state index is 6.15. The Labute approximate surface area is 147 Å². The monoisotopic (exact) mass is 326 g/mol. The molecule has 3 aromatic carbocycles. The minimum atomic E-state index is 0.390. The lowest BCUT2D eigenvalue weighted by Crippen LogP contribution is -1.95. The van der Waals surface area contributed by atoms with Crippen molar-refractivity contribution in [2.24, 2.45) is 0 Å². The van der Waals surface area contributed by atoms with Crippen LogP contribution in [0.1, 0.15) is 5.76 Å². The lowest BCUT2D eigenvalue weighted by molar-refractivity contribution is 0.273. The second kappa shape index (κ2) is 7.10. The van der Waals surface area contributed by atoms with Gasteiger partial charge in [-0.25, -0.2) is 0 Å². The molecule has 0 N–H and O–H groups in total. The molecule has 1 heterocycles. The molecule has 0 unspecified atom stereocenters. The van der Waals surface area contributed by atoms with Crippen LogP contribution in [-0.4, -0.2) is 0 Å². The molecule has 0 aliphatic rings. The van der Waals surface area contributed by atoms with Crippen molar-refractivity contribution in [2.75, 3.05) is 0 Å². The molecule has 4 aromatic rings. The second-order valence-electron chi connectivity index (χ2n) is 5.78. The van der Waals surface area contributed by atoms with Gasteiger partial charge < -0.3 is 9.15 Å². The zero-order valence-electron chi connectivity index (χ0n) is 13.8. The molecule has 1 aromatic heterocycles. The van der Waals surface area contributed by atoms with Crippen LogP contribution in [-0.2, 0) is 6.61 Å². The summed E-state index contributed by atoms with van der Waals surface area (Å²) in [5, 5.41) is 0. The smallest absolute Gasteiger partial charge is 0.149 e. The third kappa shape index (κ3) is 3.48. The largest absolute Gasteiger partial charge is 0.486 e. The van der Waals surface area contributed by atoms with Crippen LogP contribution in [0.3, 0.4) is 0 Å². The van der Waals surface area contributed by atoms with Gasteiger partial charge in [-0.05, 0) is 23.8 Å². The van der Waals surface area contributed by atoms with Crippen molar-refractivity contribution in [1.29, 1.82) is 0 Å². The Kier molecular flexibility index (Phi) is 4.34. The molecule has 0 fully saturated rings. The fourth-order valence-electron chi connectivity index (χ4n) is 2.81. The van der Waals surface area contributed by atoms with E-state index in [2.05, 4.69) is 30.3 Å². The Morgan fingerprint density at radius 3 is 1.84 bits per heavy atom. The van der Waals surface area contributed by atoms with Gasteiger partial charge in [-0.3, -0.25) is 0 Å². The maximum absolute atomic E-state index is 6.15. The number of ether oxygens (including phenoxy) is 1. The normalized spacial score (nSPS) is 10.6. The average molecular weight is 326 g/mol. The average Bonchev–Trinajstić information content (AvgIpc) is 3.13. The first-order chi connectivity index (χ1) is 12.4. The molecule has 4 rings (SSSR count). The Morgan fingerprint density at radius 2 is 1.20 bits per heavy atom. The van der Waals surface area contributed by atoms with Gasteiger partial charge >= 0.3 is 0 Å². The Bertz CT molecular complexity index is 926. The van der Waals surface area contributed by atoms with Crippen molar-refractivity contribution >= 4 is 0 Å². The highest BCUT2D eigenvalue weighted by atomic mass is 16.5. The number of hydrogen-bond donors (Lipinski definition) is 0. The minimum Gasteiger partial charge on any atom is -0.486 e. The van der Waals surface area contributed by atoms with Gasteiger partial charge in [0.15, 0.2) is 0 Å². The fourth-order valence-corrected chi connectivity index (χ4v) is 2.81. The quantitative estimate of drug-likeness (QED) is 0.436. The summed E-state index contributed by atoms with van der Waals surface area (Å²) in [6, 6.07) is 32.3. The summed E-state index contributed by atoms with van der Waals surface area (Å²) in [4.78, 5) is 0. The van der Waals surface area contributed by atoms with Gasteiger partial charge in [-0.2, -0.15) is 0 Å². The van der Waals surface area contributed by atoms with E-state index in [4.69, 9.17) is 9.15 Å². The molecular formula is C23H18O2. The Balaban J connectivity index is 1.69. The van der Waals surface area contributed by atoms with Crippen molar-refractivity contribution in [3.8, 4) is 28.2 Å². The van der Waals surface area contributed by atoms with Gasteiger partial charge in [0, 0.05) is 11.1 Å². The highest BCUT2D eigenvalue weighted by molar-refractivity contribution is 5.72. The highest BCUT2D eigenvalue weighted by Crippen LogP contribution is 2.33. The van der Waals surface area contributed by atoms with E-state index < -0.39 is 0 Å². The number of hydrogen-bond acceptors (Lipinski definition) is 2. The Hall–Kier alpha value is -3.26. The van der Waals surface area contributed by atoms with Gasteiger partial charge in [0.05, 0.1) is 0 Å². The van der Waals surface area contributed by atoms with Gasteiger partial charge in [0.25, 0.3) is 0 Å². The molecule has 0 bridgehead atoms. The number of rotatable bonds is 5. The molecule has 0 radical (unpaired) electrons. The molecule has 2 heteroatoms. The summed E-state index contributed by atoms with van der Waals surface area (Å²) in [5.74, 6) is 2.51. The van der Waals surface area contributed by atoms with Crippen molar-refractivity contribution in [2.45, 2.75) is 6.61 Å². The molecular weight excluding hydrogens is 308 g/mol. The summed E-state index contributed by atoms with van der Waals surface area (Å²) >= 11 is 0. The predicted molar refractivity (Wildman–Crippen MR) is 100 cm³/mol. The first-order valence-corrected chi connectivity index (χ1v) is 8.31. The van der Waals surface area contributed by atoms with Crippen LogP contribution in [0.4, 0.5) is 0 Å². The first kappa shape index (κ1) is 15.3. The summed E-state index contributed by atoms with van der Waals surface area (Å²) in [7, 11) is 0. The van der Waals surface area contributed by atoms with Crippen LogP contribution >= 0.6 is 0 Å². The summed E-state index contributed by atoms with van der Waals surface area (Å²) in [5.41, 5.74) is 3.25. The molecule has 0 saturated heterocycles. The van der Waals surface area contributed by atoms with Crippen molar-refractivity contribution in [3.05, 3.63) is 103 Å². The van der Waals surface area contributed by atoms with Crippen LogP contribution in [0.2, 0.25) is 0 Å². The predicted octanol–water partition coefficient (Wildman–Crippen LogP) is 6.19. The lowest BCUT2D eigenvalue weighted by atomic mass is 10.1. The zero-order chi connectivity index (χ0) is 16.9. The van der Waals surface area contributed by atoms with Gasteiger partial charge in [0.1, 0.15) is 23.9 Å². The van der Waals surface area contributed by atoms with Crippen LogP contribution in [0.5, 0.6) is 5.75 Å². The topological polar surface area (TPSA) is 22.4 Å². The molecule has 0 aliphatic carbocycles. The molecule has 0 saturated carbocycles. The second-order valence-corrected chi connectivity index (χ2v) is 5.78. The van der Waals surface area contributed by atoms with E-state index in [0.29, 0.717) is 6.61 Å². The third-order valence-electron chi connectivity index (χ3n) is 4.07. The van der Waals surface area contributed by atoms with E-state index in [1.807, 2.05) is 66.7 Å². The molecule has 2 nitrogen and oxygen atoms in total. The van der Waals surface area contributed by atoms with Gasteiger partial charge in [-0.15, -0.1) is 0 Å². The van der Waals surface area contributed by atoms with Crippen molar-refractivity contribution < 1.29 is 9.15 Å². The number of furan rings is 1. The van der Waals surface area contributed by atoms with Crippen molar-refractivity contribution in [1.82, 2.24) is 0 Å². The minimum absolute atomic E-state index is 0.390. The number of para-hydroxylation sites is 1. The molecule has 122 valence electrons. The van der Waals surface area contributed by atoms with Crippen LogP contribution in [0, 0.1) is 0 Å². The molecule has 0 aliphatic heterocycles. The van der Waals surface area contributed by atoms with Gasteiger partial charge in [0.2, 0.25) is 0 Å². The molecule has 0 atom stereocenters. The first-order valence-electron chi connectivity index (χ1n) is 8.31. The summed E-state index contributed by atoms with van der Waals surface area (Å²) < 4.78 is 12.1. The number of benzene rings is 3. The third-order valence-corrected chi connectivity index (χ3v) is 4.07. The van der Waals surface area contributed by atoms with E-state index in [1.165, 1.54) is 0 Å². The molecule has 0 amide bonds. The SMILES string of the molecule is c1ccc(OCc2oc(-c3ccccc3)cc2-c2ccccc2)cc1. The Morgan fingerprint density at radius 1 is 0.640 bits per heavy atom. The standard InChI is InChI=1S/C23H18O2/c1-4-10-18(11-5-1)21-16-22(19-12-6-2-7-13-19)25-23(21)17-24-20-14-8-3-9-15-20/h1-16H,17H2.